The number of halogens is 5. The van der Waals surface area contributed by atoms with Crippen molar-refractivity contribution in [3.63, 3.8) is 0 Å². The number of aliphatic hydroxyl groups excluding tert-OH is 1. The minimum Gasteiger partial charge on any atom is -0.462 e. The quantitative estimate of drug-likeness (QED) is 0.152. The van der Waals surface area contributed by atoms with E-state index in [2.05, 4.69) is 10.1 Å². The number of esters is 1. The van der Waals surface area contributed by atoms with Crippen molar-refractivity contribution in [2.75, 3.05) is 12.3 Å². The van der Waals surface area contributed by atoms with E-state index < -0.39 is 79.3 Å². The second kappa shape index (κ2) is 12.6. The number of anilines is 1. The molecule has 1 saturated heterocycles. The minimum absolute atomic E-state index is 0.138. The highest BCUT2D eigenvalue weighted by atomic mass is 35.5. The molecule has 0 saturated carbocycles. The van der Waals surface area contributed by atoms with Crippen molar-refractivity contribution in [3.8, 4) is 5.75 Å². The van der Waals surface area contributed by atoms with Crippen LogP contribution in [0.4, 0.5) is 23.4 Å². The summed E-state index contributed by atoms with van der Waals surface area (Å²) in [5.41, 5.74) is 0.0868. The SMILES string of the molecule is CC(C)OC(=O)[C@H](C)NP(=O)(OC[C@@]1(C(F)F)O[C@@H](n2cc(Cl)c(N)nc2=O)[C@H](O)C1(F)F)Oc1ccc2ccccc2c1. The van der Waals surface area contributed by atoms with Gasteiger partial charge in [0.2, 0.25) is 5.60 Å². The molecule has 0 bridgehead atoms. The van der Waals surface area contributed by atoms with Gasteiger partial charge >= 0.3 is 25.3 Å². The van der Waals surface area contributed by atoms with E-state index in [9.17, 15) is 28.0 Å². The van der Waals surface area contributed by atoms with Crippen molar-refractivity contribution in [1.29, 1.82) is 0 Å². The van der Waals surface area contributed by atoms with Crippen LogP contribution in [0.25, 0.3) is 10.8 Å². The van der Waals surface area contributed by atoms with Gasteiger partial charge < -0.3 is 24.8 Å². The van der Waals surface area contributed by atoms with Crippen LogP contribution in [0.1, 0.15) is 27.0 Å². The smallest absolute Gasteiger partial charge is 0.459 e. The van der Waals surface area contributed by atoms with E-state index in [1.54, 1.807) is 30.3 Å². The molecule has 2 heterocycles. The number of hydrogen-bond donors (Lipinski definition) is 3. The first kappa shape index (κ1) is 33.6. The monoisotopic (exact) mass is 666 g/mol. The van der Waals surface area contributed by atoms with Gasteiger partial charge in [0.25, 0.3) is 6.43 Å². The van der Waals surface area contributed by atoms with Gasteiger partial charge in [-0.2, -0.15) is 18.9 Å². The Balaban J connectivity index is 1.70. The standard InChI is InChI=1S/C26H28ClF4N4O8P/c1-13(2)41-22(37)14(3)34-44(39,43-17-9-8-15-6-4-5-7-16(15)10-17)40-12-25(23(28)29)26(30,31)19(36)21(42-25)35-11-18(27)20(32)33-24(35)38/h4-11,13-14,19,21,23,36H,12H2,1-3H3,(H,34,39)(H2,32,33,38)/t14-,19-,21+,25-,44?/m0/s1. The number of alkyl halides is 4. The third kappa shape index (κ3) is 6.55. The molecule has 0 radical (unpaired) electrons. The molecule has 4 rings (SSSR count). The van der Waals surface area contributed by atoms with Gasteiger partial charge in [-0.3, -0.25) is 13.9 Å². The van der Waals surface area contributed by atoms with E-state index in [0.29, 0.717) is 11.6 Å². The summed E-state index contributed by atoms with van der Waals surface area (Å²) in [5, 5.41) is 13.5. The Bertz CT molecular complexity index is 1650. The predicted octanol–water partition coefficient (Wildman–Crippen LogP) is 4.29. The molecule has 1 fully saturated rings. The van der Waals surface area contributed by atoms with Crippen LogP contribution >= 0.6 is 19.3 Å². The first-order valence-corrected chi connectivity index (χ1v) is 14.9. The summed E-state index contributed by atoms with van der Waals surface area (Å²) < 4.78 is 94.9. The van der Waals surface area contributed by atoms with Gasteiger partial charge in [-0.05, 0) is 43.7 Å². The van der Waals surface area contributed by atoms with Gasteiger partial charge in [-0.25, -0.2) is 18.1 Å². The molecule has 1 aromatic heterocycles. The Morgan fingerprint density at radius 1 is 1.23 bits per heavy atom. The summed E-state index contributed by atoms with van der Waals surface area (Å²) in [5.74, 6) is -6.39. The third-order valence-electron chi connectivity index (χ3n) is 6.55. The Labute approximate surface area is 252 Å². The fourth-order valence-corrected chi connectivity index (χ4v) is 5.94. The van der Waals surface area contributed by atoms with Crippen LogP contribution in [0.15, 0.2) is 53.5 Å². The van der Waals surface area contributed by atoms with Crippen molar-refractivity contribution in [2.45, 2.75) is 63.2 Å². The number of nitrogens with zero attached hydrogens (tertiary/aromatic N) is 2. The van der Waals surface area contributed by atoms with Gasteiger partial charge in [-0.15, -0.1) is 0 Å². The van der Waals surface area contributed by atoms with Gasteiger partial charge in [0.15, 0.2) is 12.3 Å². The summed E-state index contributed by atoms with van der Waals surface area (Å²) in [6, 6.07) is 9.80. The van der Waals surface area contributed by atoms with Crippen LogP contribution in [0.3, 0.4) is 0 Å². The van der Waals surface area contributed by atoms with Crippen LogP contribution < -0.4 is 21.0 Å². The maximum absolute atomic E-state index is 15.5. The first-order valence-electron chi connectivity index (χ1n) is 13.0. The lowest BCUT2D eigenvalue weighted by Gasteiger charge is -2.34. The van der Waals surface area contributed by atoms with E-state index in [0.717, 1.165) is 5.39 Å². The van der Waals surface area contributed by atoms with Crippen LogP contribution in [-0.4, -0.2) is 63.4 Å². The van der Waals surface area contributed by atoms with Crippen LogP contribution in [0.5, 0.6) is 5.75 Å². The minimum atomic E-state index is -5.00. The van der Waals surface area contributed by atoms with Crippen molar-refractivity contribution in [3.05, 3.63) is 64.2 Å². The number of nitrogen functional groups attached to an aromatic ring is 1. The van der Waals surface area contributed by atoms with Crippen molar-refractivity contribution >= 4 is 41.9 Å². The molecule has 0 aliphatic carbocycles. The first-order chi connectivity index (χ1) is 20.5. The Morgan fingerprint density at radius 2 is 1.89 bits per heavy atom. The lowest BCUT2D eigenvalue weighted by atomic mass is 9.95. The summed E-state index contributed by atoms with van der Waals surface area (Å²) in [4.78, 5) is 28.1. The molecule has 0 amide bonds. The zero-order valence-corrected chi connectivity index (χ0v) is 25.0. The summed E-state index contributed by atoms with van der Waals surface area (Å²) >= 11 is 5.81. The molecular formula is C26H28ClF4N4O8P. The van der Waals surface area contributed by atoms with Gasteiger partial charge in [0.05, 0.1) is 17.7 Å². The fourth-order valence-electron chi connectivity index (χ4n) is 4.28. The highest BCUT2D eigenvalue weighted by Gasteiger charge is 2.74. The number of nitrogens with two attached hydrogens (primary N) is 1. The van der Waals surface area contributed by atoms with E-state index in [-0.39, 0.29) is 10.3 Å². The van der Waals surface area contributed by atoms with Gasteiger partial charge in [-0.1, -0.05) is 41.9 Å². The van der Waals surface area contributed by atoms with Crippen LogP contribution in [-0.2, 0) is 23.4 Å². The summed E-state index contributed by atoms with van der Waals surface area (Å²) in [6.45, 7) is 2.40. The highest BCUT2D eigenvalue weighted by Crippen LogP contribution is 2.54. The molecule has 240 valence electrons. The average Bonchev–Trinajstić information content (AvgIpc) is 3.14. The van der Waals surface area contributed by atoms with Gasteiger partial charge in [0.1, 0.15) is 17.6 Å². The number of aromatic nitrogens is 2. The zero-order valence-electron chi connectivity index (χ0n) is 23.3. The number of aliphatic hydroxyl groups is 1. The van der Waals surface area contributed by atoms with Gasteiger partial charge in [0, 0.05) is 6.20 Å². The maximum Gasteiger partial charge on any atom is 0.459 e. The molecular weight excluding hydrogens is 639 g/mol. The number of fused-ring (bicyclic) bond motifs is 1. The molecule has 44 heavy (non-hydrogen) atoms. The van der Waals surface area contributed by atoms with Crippen LogP contribution in [0, 0.1) is 0 Å². The molecule has 1 aliphatic heterocycles. The topological polar surface area (TPSA) is 164 Å². The highest BCUT2D eigenvalue weighted by molar-refractivity contribution is 7.52. The van der Waals surface area contributed by atoms with E-state index >= 15 is 8.78 Å². The number of nitrogens with one attached hydrogen (secondary N) is 1. The number of carbonyl (C=O) groups excluding carboxylic acids is 1. The molecule has 3 aromatic rings. The molecule has 12 nitrogen and oxygen atoms in total. The average molecular weight is 667 g/mol. The second-order valence-corrected chi connectivity index (χ2v) is 12.2. The Kier molecular flexibility index (Phi) is 9.64. The Morgan fingerprint density at radius 3 is 2.52 bits per heavy atom. The van der Waals surface area contributed by atoms with Crippen molar-refractivity contribution in [2.24, 2.45) is 0 Å². The zero-order chi connectivity index (χ0) is 32.6. The predicted molar refractivity (Wildman–Crippen MR) is 150 cm³/mol. The molecule has 2 aromatic carbocycles. The lowest BCUT2D eigenvalue weighted by molar-refractivity contribution is -0.242. The normalized spacial score (nSPS) is 23.5. The van der Waals surface area contributed by atoms with Crippen molar-refractivity contribution < 1.29 is 50.5 Å². The third-order valence-corrected chi connectivity index (χ3v) is 8.47. The van der Waals surface area contributed by atoms with Crippen molar-refractivity contribution in [1.82, 2.24) is 14.6 Å². The van der Waals surface area contributed by atoms with E-state index in [1.807, 2.05) is 0 Å². The number of carbonyl (C=O) groups is 1. The number of rotatable bonds is 11. The molecule has 4 N–H and O–H groups in total. The van der Waals surface area contributed by atoms with E-state index in [4.69, 9.17) is 35.9 Å². The number of benzene rings is 2. The second-order valence-electron chi connectivity index (χ2n) is 10.1. The number of ether oxygens (including phenoxy) is 2. The Hall–Kier alpha value is -3.27. The molecule has 18 heteroatoms. The molecule has 1 unspecified atom stereocenters. The fraction of sp³-hybridized carbons (Fsp3) is 0.423. The number of hydrogen-bond acceptors (Lipinski definition) is 10. The summed E-state index contributed by atoms with van der Waals surface area (Å²) in [7, 11) is -5.00. The lowest BCUT2D eigenvalue weighted by Crippen LogP contribution is -2.57. The largest absolute Gasteiger partial charge is 0.462 e. The molecule has 0 spiro atoms. The van der Waals surface area contributed by atoms with Crippen LogP contribution in [0.2, 0.25) is 5.02 Å². The maximum atomic E-state index is 15.5. The molecule has 1 aliphatic rings. The van der Waals surface area contributed by atoms with E-state index in [1.165, 1.54) is 32.9 Å². The molecule has 5 atom stereocenters. The summed E-state index contributed by atoms with van der Waals surface area (Å²) in [6.07, 6.45) is -9.53.